The second-order valence-electron chi connectivity index (χ2n) is 7.03. The Morgan fingerprint density at radius 3 is 2.19 bits per heavy atom. The molecule has 0 spiro atoms. The van der Waals surface area contributed by atoms with Crippen molar-refractivity contribution in [2.45, 2.75) is 0 Å². The number of carbonyl (C=O) groups is 2. The van der Waals surface area contributed by atoms with Crippen molar-refractivity contribution in [3.63, 3.8) is 0 Å². The topological polar surface area (TPSA) is 128 Å². The van der Waals surface area contributed by atoms with Gasteiger partial charge in [-0.2, -0.15) is 0 Å². The molecule has 4 aromatic rings. The zero-order chi connectivity index (χ0) is 22.8. The van der Waals surface area contributed by atoms with Gasteiger partial charge >= 0.3 is 5.97 Å². The maximum absolute atomic E-state index is 13.0. The van der Waals surface area contributed by atoms with E-state index in [1.165, 1.54) is 36.4 Å². The third-order valence-corrected chi connectivity index (χ3v) is 4.95. The van der Waals surface area contributed by atoms with Gasteiger partial charge in [-0.15, -0.1) is 0 Å². The smallest absolute Gasteiger partial charge is 0.336 e. The molecule has 0 aliphatic carbocycles. The molecule has 0 unspecified atom stereocenters. The molecule has 0 radical (unpaired) electrons. The lowest BCUT2D eigenvalue weighted by molar-refractivity contribution is 0.0692. The highest BCUT2D eigenvalue weighted by Crippen LogP contribution is 2.31. The van der Waals surface area contributed by atoms with Crippen LogP contribution in [-0.2, 0) is 0 Å². The number of aromatic nitrogens is 1. The number of pyridine rings is 1. The maximum atomic E-state index is 13.0. The van der Waals surface area contributed by atoms with Gasteiger partial charge in [0, 0.05) is 10.9 Å². The van der Waals surface area contributed by atoms with Gasteiger partial charge in [0.2, 0.25) is 0 Å². The number of aromatic carboxylic acids is 1. The van der Waals surface area contributed by atoms with E-state index < -0.39 is 11.8 Å². The van der Waals surface area contributed by atoms with Crippen LogP contribution in [0.3, 0.4) is 0 Å². The van der Waals surface area contributed by atoms with Gasteiger partial charge in [0.15, 0.2) is 23.0 Å². The highest BCUT2D eigenvalue weighted by molar-refractivity contribution is 6.17. The number of hydrogen-bond donors (Lipinski definition) is 4. The van der Waals surface area contributed by atoms with Crippen LogP contribution in [-0.4, -0.2) is 37.2 Å². The fraction of sp³-hybridized carbons (Fsp3) is 0. The number of carboxylic acid groups (broad SMARTS) is 1. The number of fused-ring (bicyclic) bond motifs is 1. The number of hydrogen-bond acceptors (Lipinski definition) is 6. The van der Waals surface area contributed by atoms with Crippen molar-refractivity contribution in [2.75, 3.05) is 0 Å². The van der Waals surface area contributed by atoms with Gasteiger partial charge in [-0.05, 0) is 42.0 Å². The molecule has 1 heterocycles. The minimum atomic E-state index is -1.24. The first-order chi connectivity index (χ1) is 15.3. The van der Waals surface area contributed by atoms with E-state index in [1.807, 2.05) is 0 Å². The molecule has 0 atom stereocenters. The summed E-state index contributed by atoms with van der Waals surface area (Å²) in [4.78, 5) is 28.9. The van der Waals surface area contributed by atoms with Crippen LogP contribution >= 0.6 is 0 Å². The Bertz CT molecular complexity index is 1410. The molecule has 158 valence electrons. The molecule has 0 fully saturated rings. The molecule has 4 N–H and O–H groups in total. The van der Waals surface area contributed by atoms with Gasteiger partial charge < -0.3 is 20.4 Å². The maximum Gasteiger partial charge on any atom is 0.336 e. The average Bonchev–Trinajstić information content (AvgIpc) is 2.80. The highest BCUT2D eigenvalue weighted by Gasteiger charge is 2.21. The number of aromatic hydroxyl groups is 3. The molecule has 0 amide bonds. The zero-order valence-electron chi connectivity index (χ0n) is 16.6. The Hall–Kier alpha value is -4.65. The van der Waals surface area contributed by atoms with Crippen LogP contribution in [0, 0.1) is 0 Å². The molecule has 0 saturated heterocycles. The van der Waals surface area contributed by atoms with E-state index in [9.17, 15) is 30.0 Å². The SMILES string of the molecule is O=C(O)c1ccccc1C(=O)c1ccc2ccc(/C=C/c3ccc(O)c(O)c3)nc2c1O. The lowest BCUT2D eigenvalue weighted by Crippen LogP contribution is -2.10. The molecule has 0 aliphatic rings. The Labute approximate surface area is 182 Å². The van der Waals surface area contributed by atoms with E-state index in [0.717, 1.165) is 0 Å². The second kappa shape index (κ2) is 8.23. The van der Waals surface area contributed by atoms with Gasteiger partial charge in [0.25, 0.3) is 0 Å². The summed E-state index contributed by atoms with van der Waals surface area (Å²) in [7, 11) is 0. The normalized spacial score (nSPS) is 11.1. The summed E-state index contributed by atoms with van der Waals surface area (Å²) in [5.41, 5.74) is 1.07. The van der Waals surface area contributed by atoms with Crippen LogP contribution in [0.1, 0.15) is 37.5 Å². The molecule has 3 aromatic carbocycles. The fourth-order valence-corrected chi connectivity index (χ4v) is 3.30. The average molecular weight is 427 g/mol. The van der Waals surface area contributed by atoms with Crippen LogP contribution in [0.25, 0.3) is 23.1 Å². The first-order valence-electron chi connectivity index (χ1n) is 9.55. The molecule has 0 bridgehead atoms. The molecule has 0 aliphatic heterocycles. The quantitative estimate of drug-likeness (QED) is 0.274. The summed E-state index contributed by atoms with van der Waals surface area (Å²) in [5.74, 6) is -2.67. The highest BCUT2D eigenvalue weighted by atomic mass is 16.4. The minimum absolute atomic E-state index is 0.0298. The van der Waals surface area contributed by atoms with Gasteiger partial charge in [0.1, 0.15) is 5.52 Å². The van der Waals surface area contributed by atoms with Crippen LogP contribution in [0.5, 0.6) is 17.2 Å². The van der Waals surface area contributed by atoms with E-state index >= 15 is 0 Å². The van der Waals surface area contributed by atoms with Crippen LogP contribution in [0.15, 0.2) is 66.7 Å². The van der Waals surface area contributed by atoms with E-state index in [0.29, 0.717) is 16.6 Å². The Balaban J connectivity index is 1.73. The molecule has 1 aromatic heterocycles. The summed E-state index contributed by atoms with van der Waals surface area (Å²) in [6.07, 6.45) is 3.32. The predicted octanol–water partition coefficient (Wildman–Crippen LogP) is 4.45. The van der Waals surface area contributed by atoms with Crippen LogP contribution in [0.4, 0.5) is 0 Å². The number of phenols is 3. The van der Waals surface area contributed by atoms with Crippen molar-refractivity contribution in [3.05, 3.63) is 94.7 Å². The predicted molar refractivity (Wildman–Crippen MR) is 119 cm³/mol. The lowest BCUT2D eigenvalue weighted by Gasteiger charge is -2.09. The number of ketones is 1. The lowest BCUT2D eigenvalue weighted by atomic mass is 9.96. The fourth-order valence-electron chi connectivity index (χ4n) is 3.30. The molecule has 7 nitrogen and oxygen atoms in total. The first kappa shape index (κ1) is 20.6. The van der Waals surface area contributed by atoms with Gasteiger partial charge in [-0.1, -0.05) is 42.5 Å². The van der Waals surface area contributed by atoms with Gasteiger partial charge in [0.05, 0.1) is 16.8 Å². The van der Waals surface area contributed by atoms with E-state index in [4.69, 9.17) is 0 Å². The molecule has 4 rings (SSSR count). The van der Waals surface area contributed by atoms with E-state index in [1.54, 1.807) is 42.5 Å². The van der Waals surface area contributed by atoms with Crippen molar-refractivity contribution >= 4 is 34.8 Å². The van der Waals surface area contributed by atoms with Crippen molar-refractivity contribution in [2.24, 2.45) is 0 Å². The number of carboxylic acids is 1. The minimum Gasteiger partial charge on any atom is -0.505 e. The van der Waals surface area contributed by atoms with Crippen molar-refractivity contribution in [3.8, 4) is 17.2 Å². The second-order valence-corrected chi connectivity index (χ2v) is 7.03. The molecule has 0 saturated carbocycles. The van der Waals surface area contributed by atoms with Crippen LogP contribution in [0.2, 0.25) is 0 Å². The third-order valence-electron chi connectivity index (χ3n) is 4.95. The summed E-state index contributed by atoms with van der Waals surface area (Å²) >= 11 is 0. The Morgan fingerprint density at radius 2 is 1.47 bits per heavy atom. The van der Waals surface area contributed by atoms with Crippen LogP contribution < -0.4 is 0 Å². The number of rotatable bonds is 5. The molecule has 7 heteroatoms. The largest absolute Gasteiger partial charge is 0.505 e. The van der Waals surface area contributed by atoms with Crippen molar-refractivity contribution in [1.29, 1.82) is 0 Å². The number of benzene rings is 3. The summed E-state index contributed by atoms with van der Waals surface area (Å²) in [5, 5.41) is 39.7. The van der Waals surface area contributed by atoms with E-state index in [-0.39, 0.29) is 39.5 Å². The standard InChI is InChI=1S/C25H17NO6/c27-20-12-6-14(13-21(20)28)5-9-16-10-7-15-8-11-19(24(30)22(15)26-16)23(29)17-3-1-2-4-18(17)25(31)32/h1-13,27-28,30H,(H,31,32)/b9-5+. The first-order valence-corrected chi connectivity index (χ1v) is 9.55. The summed E-state index contributed by atoms with van der Waals surface area (Å²) in [6, 6.07) is 16.7. The van der Waals surface area contributed by atoms with Gasteiger partial charge in [-0.3, -0.25) is 4.79 Å². The van der Waals surface area contributed by atoms with E-state index in [2.05, 4.69) is 4.98 Å². The Kier molecular flexibility index (Phi) is 5.30. The number of phenolic OH excluding ortho intramolecular Hbond substituents is 3. The zero-order valence-corrected chi connectivity index (χ0v) is 16.6. The Morgan fingerprint density at radius 1 is 0.750 bits per heavy atom. The monoisotopic (exact) mass is 427 g/mol. The van der Waals surface area contributed by atoms with Gasteiger partial charge in [-0.25, -0.2) is 9.78 Å². The third kappa shape index (κ3) is 3.87. The summed E-state index contributed by atoms with van der Waals surface area (Å²) in [6.45, 7) is 0. The molecule has 32 heavy (non-hydrogen) atoms. The molecular formula is C25H17NO6. The number of carbonyl (C=O) groups excluding carboxylic acids is 1. The summed E-state index contributed by atoms with van der Waals surface area (Å²) < 4.78 is 0. The number of nitrogens with zero attached hydrogens (tertiary/aromatic N) is 1. The van der Waals surface area contributed by atoms with Crippen molar-refractivity contribution < 1.29 is 30.0 Å². The van der Waals surface area contributed by atoms with Crippen molar-refractivity contribution in [1.82, 2.24) is 4.98 Å². The molecular weight excluding hydrogens is 410 g/mol.